The Kier molecular flexibility index (Phi) is 3.02. The Balaban J connectivity index is 2.06. The first kappa shape index (κ1) is 11.6. The van der Waals surface area contributed by atoms with Crippen LogP contribution in [-0.2, 0) is 6.42 Å². The number of unbranched alkanes of at least 4 members (excludes halogenated alkanes) is 1. The van der Waals surface area contributed by atoms with Gasteiger partial charge in [0.1, 0.15) is 5.75 Å². The van der Waals surface area contributed by atoms with Crippen molar-refractivity contribution >= 4 is 10.9 Å². The van der Waals surface area contributed by atoms with Crippen LogP contribution < -0.4 is 0 Å². The van der Waals surface area contributed by atoms with Crippen LogP contribution in [0.2, 0.25) is 0 Å². The summed E-state index contributed by atoms with van der Waals surface area (Å²) in [5, 5.41) is 10.9. The molecule has 0 saturated carbocycles. The van der Waals surface area contributed by atoms with Gasteiger partial charge in [0.15, 0.2) is 0 Å². The number of aromatic hydroxyl groups is 1. The van der Waals surface area contributed by atoms with Gasteiger partial charge >= 0.3 is 0 Å². The molecule has 0 saturated heterocycles. The van der Waals surface area contributed by atoms with Gasteiger partial charge in [-0.05, 0) is 49.3 Å². The van der Waals surface area contributed by atoms with Gasteiger partial charge in [0, 0.05) is 22.7 Å². The monoisotopic (exact) mass is 243 g/mol. The van der Waals surface area contributed by atoms with Crippen molar-refractivity contribution in [2.45, 2.75) is 51.4 Å². The van der Waals surface area contributed by atoms with Crippen LogP contribution in [0.5, 0.6) is 5.75 Å². The fourth-order valence-electron chi connectivity index (χ4n) is 3.34. The number of rotatable bonds is 3. The van der Waals surface area contributed by atoms with E-state index >= 15 is 0 Å². The molecule has 1 unspecified atom stereocenters. The predicted octanol–water partition coefficient (Wildman–Crippen LogP) is 4.48. The van der Waals surface area contributed by atoms with E-state index in [1.807, 2.05) is 12.1 Å². The van der Waals surface area contributed by atoms with Crippen molar-refractivity contribution < 1.29 is 5.11 Å². The molecule has 1 aliphatic rings. The summed E-state index contributed by atoms with van der Waals surface area (Å²) in [7, 11) is 0. The van der Waals surface area contributed by atoms with Crippen molar-refractivity contribution in [1.29, 1.82) is 0 Å². The summed E-state index contributed by atoms with van der Waals surface area (Å²) in [6, 6.07) is 5.73. The second kappa shape index (κ2) is 4.68. The van der Waals surface area contributed by atoms with Crippen LogP contribution in [-0.4, -0.2) is 10.1 Å². The molecule has 3 rings (SSSR count). The molecule has 1 aliphatic carbocycles. The van der Waals surface area contributed by atoms with Crippen LogP contribution >= 0.6 is 0 Å². The third-order valence-corrected chi connectivity index (χ3v) is 4.20. The molecular formula is C16H21NO. The highest BCUT2D eigenvalue weighted by Gasteiger charge is 2.24. The number of nitrogens with one attached hydrogen (secondary N) is 1. The normalized spacial score (nSPS) is 19.1. The number of fused-ring (bicyclic) bond motifs is 3. The summed E-state index contributed by atoms with van der Waals surface area (Å²) in [4.78, 5) is 3.50. The zero-order valence-electron chi connectivity index (χ0n) is 11.0. The lowest BCUT2D eigenvalue weighted by Crippen LogP contribution is -2.08. The Bertz CT molecular complexity index is 555. The molecule has 0 spiro atoms. The second-order valence-corrected chi connectivity index (χ2v) is 5.48. The van der Waals surface area contributed by atoms with Crippen LogP contribution in [0.25, 0.3) is 10.9 Å². The van der Waals surface area contributed by atoms with Crippen molar-refractivity contribution in [3.8, 4) is 5.75 Å². The molecule has 0 bridgehead atoms. The molecule has 1 aromatic carbocycles. The van der Waals surface area contributed by atoms with Gasteiger partial charge in [-0.1, -0.05) is 19.8 Å². The first-order valence-corrected chi connectivity index (χ1v) is 7.13. The van der Waals surface area contributed by atoms with E-state index < -0.39 is 0 Å². The van der Waals surface area contributed by atoms with Crippen LogP contribution in [0.4, 0.5) is 0 Å². The number of hydrogen-bond acceptors (Lipinski definition) is 1. The Morgan fingerprint density at radius 3 is 3.11 bits per heavy atom. The molecular weight excluding hydrogens is 222 g/mol. The van der Waals surface area contributed by atoms with Gasteiger partial charge in [-0.15, -0.1) is 0 Å². The summed E-state index contributed by atoms with van der Waals surface area (Å²) in [5.74, 6) is 1.07. The number of phenolic OH excluding ortho intramolecular Hbond substituents is 1. The van der Waals surface area contributed by atoms with Crippen LogP contribution in [0.15, 0.2) is 18.2 Å². The largest absolute Gasteiger partial charge is 0.508 e. The number of aromatic amines is 1. The van der Waals surface area contributed by atoms with Gasteiger partial charge in [-0.25, -0.2) is 0 Å². The summed E-state index contributed by atoms with van der Waals surface area (Å²) in [6.45, 7) is 2.26. The van der Waals surface area contributed by atoms with E-state index in [1.54, 1.807) is 0 Å². The van der Waals surface area contributed by atoms with E-state index in [9.17, 15) is 5.11 Å². The van der Waals surface area contributed by atoms with Crippen molar-refractivity contribution in [3.63, 3.8) is 0 Å². The lowest BCUT2D eigenvalue weighted by molar-refractivity contribution is 0.476. The van der Waals surface area contributed by atoms with Gasteiger partial charge in [-0.2, -0.15) is 0 Å². The summed E-state index contributed by atoms with van der Waals surface area (Å²) in [6.07, 6.45) is 7.66. The first-order valence-electron chi connectivity index (χ1n) is 7.13. The van der Waals surface area contributed by atoms with Crippen LogP contribution in [0.3, 0.4) is 0 Å². The average molecular weight is 243 g/mol. The molecule has 1 atom stereocenters. The maximum absolute atomic E-state index is 9.58. The first-order chi connectivity index (χ1) is 8.79. The highest BCUT2D eigenvalue weighted by molar-refractivity contribution is 5.86. The number of benzene rings is 1. The molecule has 2 nitrogen and oxygen atoms in total. The Hall–Kier alpha value is -1.44. The number of phenols is 1. The summed E-state index contributed by atoms with van der Waals surface area (Å²) in [5.41, 5.74) is 4.04. The van der Waals surface area contributed by atoms with Gasteiger partial charge in [0.2, 0.25) is 0 Å². The fraction of sp³-hybridized carbons (Fsp3) is 0.500. The highest BCUT2D eigenvalue weighted by atomic mass is 16.3. The number of aromatic nitrogens is 1. The standard InChI is InChI=1S/C16H21NO/c1-2-3-5-11-6-4-7-14-16(11)13-9-8-12(18)10-15(13)17-14/h8-11,17-18H,2-7H2,1H3. The van der Waals surface area contributed by atoms with Crippen LogP contribution in [0, 0.1) is 0 Å². The van der Waals surface area contributed by atoms with E-state index in [4.69, 9.17) is 0 Å². The van der Waals surface area contributed by atoms with E-state index in [1.165, 1.54) is 48.7 Å². The van der Waals surface area contributed by atoms with E-state index in [0.29, 0.717) is 11.7 Å². The molecule has 2 aromatic rings. The van der Waals surface area contributed by atoms with Crippen molar-refractivity contribution in [2.75, 3.05) is 0 Å². The molecule has 0 amide bonds. The van der Waals surface area contributed by atoms with Crippen LogP contribution in [0.1, 0.15) is 56.2 Å². The Morgan fingerprint density at radius 1 is 1.39 bits per heavy atom. The molecule has 1 aromatic heterocycles. The van der Waals surface area contributed by atoms with E-state index in [0.717, 1.165) is 11.9 Å². The highest BCUT2D eigenvalue weighted by Crippen LogP contribution is 2.40. The van der Waals surface area contributed by atoms with E-state index in [-0.39, 0.29) is 0 Å². The molecule has 1 heterocycles. The quantitative estimate of drug-likeness (QED) is 0.819. The van der Waals surface area contributed by atoms with Crippen molar-refractivity contribution in [2.24, 2.45) is 0 Å². The molecule has 2 N–H and O–H groups in total. The molecule has 96 valence electrons. The van der Waals surface area contributed by atoms with Gasteiger partial charge < -0.3 is 10.1 Å². The summed E-state index contributed by atoms with van der Waals surface area (Å²) >= 11 is 0. The zero-order valence-corrected chi connectivity index (χ0v) is 11.0. The SMILES string of the molecule is CCCCC1CCCc2[nH]c3cc(O)ccc3c21. The molecule has 18 heavy (non-hydrogen) atoms. The topological polar surface area (TPSA) is 36.0 Å². The van der Waals surface area contributed by atoms with Gasteiger partial charge in [0.25, 0.3) is 0 Å². The molecule has 0 radical (unpaired) electrons. The zero-order chi connectivity index (χ0) is 12.5. The minimum absolute atomic E-state index is 0.353. The number of aryl methyl sites for hydroxylation is 1. The average Bonchev–Trinajstić information content (AvgIpc) is 2.73. The van der Waals surface area contributed by atoms with Gasteiger partial charge in [0.05, 0.1) is 0 Å². The molecule has 0 aliphatic heterocycles. The smallest absolute Gasteiger partial charge is 0.117 e. The third kappa shape index (κ3) is 1.90. The predicted molar refractivity (Wildman–Crippen MR) is 75.2 cm³/mol. The summed E-state index contributed by atoms with van der Waals surface area (Å²) < 4.78 is 0. The lowest BCUT2D eigenvalue weighted by atomic mass is 9.82. The minimum atomic E-state index is 0.353. The molecule has 0 fully saturated rings. The van der Waals surface area contributed by atoms with Crippen molar-refractivity contribution in [3.05, 3.63) is 29.5 Å². The Labute approximate surface area is 108 Å². The number of hydrogen-bond donors (Lipinski definition) is 2. The molecule has 2 heteroatoms. The van der Waals surface area contributed by atoms with Gasteiger partial charge in [-0.3, -0.25) is 0 Å². The Morgan fingerprint density at radius 2 is 2.28 bits per heavy atom. The minimum Gasteiger partial charge on any atom is -0.508 e. The fourth-order valence-corrected chi connectivity index (χ4v) is 3.34. The maximum Gasteiger partial charge on any atom is 0.117 e. The third-order valence-electron chi connectivity index (χ3n) is 4.20. The maximum atomic E-state index is 9.58. The van der Waals surface area contributed by atoms with Crippen molar-refractivity contribution in [1.82, 2.24) is 4.98 Å². The number of H-pyrrole nitrogens is 1. The van der Waals surface area contributed by atoms with E-state index in [2.05, 4.69) is 18.0 Å². The lowest BCUT2D eigenvalue weighted by Gasteiger charge is -2.23. The second-order valence-electron chi connectivity index (χ2n) is 5.48.